The molecule has 2 aromatic carbocycles. The van der Waals surface area contributed by atoms with Gasteiger partial charge in [-0.05, 0) is 49.6 Å². The van der Waals surface area contributed by atoms with Crippen molar-refractivity contribution in [2.45, 2.75) is 30.7 Å². The van der Waals surface area contributed by atoms with Gasteiger partial charge in [-0.15, -0.1) is 11.8 Å². The molecule has 0 aromatic heterocycles. The lowest BCUT2D eigenvalue weighted by molar-refractivity contribution is -0.119. The number of nitrogens with one attached hydrogen (secondary N) is 1. The van der Waals surface area contributed by atoms with Gasteiger partial charge in [0, 0.05) is 15.4 Å². The fraction of sp³-hybridized carbons (Fsp3) is 0.278. The van der Waals surface area contributed by atoms with E-state index in [1.807, 2.05) is 42.5 Å². The Kier molecular flexibility index (Phi) is 7.00. The number of rotatable bonds is 7. The Labute approximate surface area is 144 Å². The van der Waals surface area contributed by atoms with Gasteiger partial charge in [0.25, 0.3) is 0 Å². The smallest absolute Gasteiger partial charge is 0.230 e. The van der Waals surface area contributed by atoms with Crippen LogP contribution < -0.4 is 5.32 Å². The van der Waals surface area contributed by atoms with E-state index < -0.39 is 0 Å². The maximum Gasteiger partial charge on any atom is 0.230 e. The molecule has 1 unspecified atom stereocenters. The molecule has 116 valence electrons. The molecule has 0 heterocycles. The zero-order valence-electron chi connectivity index (χ0n) is 12.6. The highest BCUT2D eigenvalue weighted by molar-refractivity contribution is 9.10. The number of hydrogen-bond acceptors (Lipinski definition) is 2. The second-order valence-corrected chi connectivity index (χ2v) is 7.20. The minimum absolute atomic E-state index is 0.0912. The summed E-state index contributed by atoms with van der Waals surface area (Å²) in [6.07, 6.45) is 1.95. The first-order chi connectivity index (χ1) is 10.6. The Morgan fingerprint density at radius 3 is 2.50 bits per heavy atom. The summed E-state index contributed by atoms with van der Waals surface area (Å²) in [6.45, 7) is 2.06. The average Bonchev–Trinajstić information content (AvgIpc) is 2.53. The van der Waals surface area contributed by atoms with Crippen LogP contribution in [-0.2, 0) is 11.2 Å². The Morgan fingerprint density at radius 1 is 1.14 bits per heavy atom. The van der Waals surface area contributed by atoms with E-state index in [1.165, 1.54) is 5.56 Å². The highest BCUT2D eigenvalue weighted by atomic mass is 79.9. The van der Waals surface area contributed by atoms with Crippen LogP contribution in [0.3, 0.4) is 0 Å². The van der Waals surface area contributed by atoms with Crippen molar-refractivity contribution < 1.29 is 4.79 Å². The summed E-state index contributed by atoms with van der Waals surface area (Å²) < 4.78 is 1.05. The van der Waals surface area contributed by atoms with Crippen molar-refractivity contribution in [1.82, 2.24) is 5.32 Å². The van der Waals surface area contributed by atoms with Crippen LogP contribution >= 0.6 is 27.7 Å². The zero-order chi connectivity index (χ0) is 15.8. The molecule has 0 saturated heterocycles. The van der Waals surface area contributed by atoms with Gasteiger partial charge < -0.3 is 5.32 Å². The summed E-state index contributed by atoms with van der Waals surface area (Å²) in [5.41, 5.74) is 1.31. The van der Waals surface area contributed by atoms with Gasteiger partial charge in [-0.3, -0.25) is 4.79 Å². The average molecular weight is 378 g/mol. The molecule has 1 atom stereocenters. The molecule has 1 N–H and O–H groups in total. The fourth-order valence-electron chi connectivity index (χ4n) is 2.10. The SMILES string of the molecule is CC(CCc1ccccc1)NC(=O)CSc1ccc(Br)cc1. The molecular formula is C18H20BrNOS. The quantitative estimate of drug-likeness (QED) is 0.709. The van der Waals surface area contributed by atoms with Gasteiger partial charge in [0.05, 0.1) is 5.75 Å². The van der Waals surface area contributed by atoms with Gasteiger partial charge in [-0.25, -0.2) is 0 Å². The van der Waals surface area contributed by atoms with Gasteiger partial charge in [0.1, 0.15) is 0 Å². The maximum atomic E-state index is 12.0. The van der Waals surface area contributed by atoms with Gasteiger partial charge in [-0.2, -0.15) is 0 Å². The van der Waals surface area contributed by atoms with E-state index in [9.17, 15) is 4.79 Å². The Morgan fingerprint density at radius 2 is 1.82 bits per heavy atom. The Hall–Kier alpha value is -1.26. The van der Waals surface area contributed by atoms with Crippen LogP contribution in [0.25, 0.3) is 0 Å². The van der Waals surface area contributed by atoms with E-state index in [0.29, 0.717) is 5.75 Å². The van der Waals surface area contributed by atoms with Crippen LogP contribution in [0.5, 0.6) is 0 Å². The molecule has 0 radical (unpaired) electrons. The first kappa shape index (κ1) is 17.1. The predicted octanol–water partition coefficient (Wildman–Crippen LogP) is 4.68. The standard InChI is InChI=1S/C18H20BrNOS/c1-14(7-8-15-5-3-2-4-6-15)20-18(21)13-22-17-11-9-16(19)10-12-17/h2-6,9-12,14H,7-8,13H2,1H3,(H,20,21). The van der Waals surface area contributed by atoms with Crippen molar-refractivity contribution in [2.75, 3.05) is 5.75 Å². The molecule has 0 saturated carbocycles. The Bertz CT molecular complexity index is 586. The monoisotopic (exact) mass is 377 g/mol. The molecule has 0 aliphatic rings. The third-order valence-electron chi connectivity index (χ3n) is 3.30. The molecule has 2 rings (SSSR count). The third-order valence-corrected chi connectivity index (χ3v) is 4.84. The van der Waals surface area contributed by atoms with Gasteiger partial charge in [-0.1, -0.05) is 46.3 Å². The number of hydrogen-bond donors (Lipinski definition) is 1. The first-order valence-electron chi connectivity index (χ1n) is 7.35. The molecule has 0 spiro atoms. The molecular weight excluding hydrogens is 358 g/mol. The summed E-state index contributed by atoms with van der Waals surface area (Å²) in [5, 5.41) is 3.06. The molecule has 0 bridgehead atoms. The summed E-state index contributed by atoms with van der Waals surface area (Å²) in [6, 6.07) is 18.6. The predicted molar refractivity (Wildman–Crippen MR) is 97.2 cm³/mol. The second kappa shape index (κ2) is 9.01. The van der Waals surface area contributed by atoms with Gasteiger partial charge >= 0.3 is 0 Å². The van der Waals surface area contributed by atoms with Crippen LogP contribution in [0, 0.1) is 0 Å². The van der Waals surface area contributed by atoms with E-state index in [0.717, 1.165) is 22.2 Å². The summed E-state index contributed by atoms with van der Waals surface area (Å²) in [7, 11) is 0. The lowest BCUT2D eigenvalue weighted by atomic mass is 10.1. The van der Waals surface area contributed by atoms with E-state index in [4.69, 9.17) is 0 Å². The van der Waals surface area contributed by atoms with Crippen molar-refractivity contribution in [1.29, 1.82) is 0 Å². The van der Waals surface area contributed by atoms with E-state index in [-0.39, 0.29) is 11.9 Å². The number of aryl methyl sites for hydroxylation is 1. The summed E-state index contributed by atoms with van der Waals surface area (Å²) in [5.74, 6) is 0.547. The highest BCUT2D eigenvalue weighted by Gasteiger charge is 2.08. The zero-order valence-corrected chi connectivity index (χ0v) is 15.0. The van der Waals surface area contributed by atoms with Gasteiger partial charge in [0.15, 0.2) is 0 Å². The minimum Gasteiger partial charge on any atom is -0.353 e. The van der Waals surface area contributed by atoms with Crippen molar-refractivity contribution in [3.63, 3.8) is 0 Å². The molecule has 2 nitrogen and oxygen atoms in total. The second-order valence-electron chi connectivity index (χ2n) is 5.24. The van der Waals surface area contributed by atoms with E-state index in [2.05, 4.69) is 40.3 Å². The number of halogens is 1. The molecule has 4 heteroatoms. The lowest BCUT2D eigenvalue weighted by Crippen LogP contribution is -2.34. The molecule has 2 aromatic rings. The van der Waals surface area contributed by atoms with Crippen molar-refractivity contribution in [3.05, 3.63) is 64.6 Å². The number of carbonyl (C=O) groups excluding carboxylic acids is 1. The van der Waals surface area contributed by atoms with Crippen LogP contribution in [-0.4, -0.2) is 17.7 Å². The fourth-order valence-corrected chi connectivity index (χ4v) is 3.07. The van der Waals surface area contributed by atoms with E-state index >= 15 is 0 Å². The number of amides is 1. The topological polar surface area (TPSA) is 29.1 Å². The maximum absolute atomic E-state index is 12.0. The van der Waals surface area contributed by atoms with Gasteiger partial charge in [0.2, 0.25) is 5.91 Å². The molecule has 1 amide bonds. The van der Waals surface area contributed by atoms with Crippen LogP contribution in [0.15, 0.2) is 64.0 Å². The molecule has 0 aliphatic heterocycles. The lowest BCUT2D eigenvalue weighted by Gasteiger charge is -2.13. The largest absolute Gasteiger partial charge is 0.353 e. The van der Waals surface area contributed by atoms with Crippen molar-refractivity contribution in [3.8, 4) is 0 Å². The molecule has 0 fully saturated rings. The summed E-state index contributed by atoms with van der Waals surface area (Å²) >= 11 is 4.97. The van der Waals surface area contributed by atoms with Crippen LogP contribution in [0.4, 0.5) is 0 Å². The van der Waals surface area contributed by atoms with Crippen LogP contribution in [0.1, 0.15) is 18.9 Å². The normalized spacial score (nSPS) is 11.9. The highest BCUT2D eigenvalue weighted by Crippen LogP contribution is 2.20. The first-order valence-corrected chi connectivity index (χ1v) is 9.13. The molecule has 22 heavy (non-hydrogen) atoms. The number of thioether (sulfide) groups is 1. The summed E-state index contributed by atoms with van der Waals surface area (Å²) in [4.78, 5) is 13.1. The minimum atomic E-state index is 0.0912. The molecule has 0 aliphatic carbocycles. The third kappa shape index (κ3) is 6.24. The number of carbonyl (C=O) groups is 1. The number of benzene rings is 2. The Balaban J connectivity index is 1.68. The van der Waals surface area contributed by atoms with Crippen molar-refractivity contribution >= 4 is 33.6 Å². The van der Waals surface area contributed by atoms with E-state index in [1.54, 1.807) is 11.8 Å². The van der Waals surface area contributed by atoms with Crippen LogP contribution in [0.2, 0.25) is 0 Å². The van der Waals surface area contributed by atoms with Crippen molar-refractivity contribution in [2.24, 2.45) is 0 Å².